The zero-order chi connectivity index (χ0) is 12.3. The third-order valence-electron chi connectivity index (χ3n) is 1.46. The Morgan fingerprint density at radius 2 is 2.12 bits per heavy atom. The van der Waals surface area contributed by atoms with Gasteiger partial charge in [-0.25, -0.2) is 9.78 Å². The number of ether oxygens (including phenoxy) is 1. The normalized spacial score (nSPS) is 11.2. The number of pyridine rings is 1. The van der Waals surface area contributed by atoms with Crippen LogP contribution < -0.4 is 4.74 Å². The molecule has 0 aromatic carbocycles. The van der Waals surface area contributed by atoms with E-state index in [0.717, 1.165) is 6.07 Å². The number of nitrogens with zero attached hydrogens (tertiary/aromatic N) is 1. The van der Waals surface area contributed by atoms with Crippen LogP contribution >= 0.6 is 11.6 Å². The first-order chi connectivity index (χ1) is 7.30. The zero-order valence-electron chi connectivity index (χ0n) is 7.58. The van der Waals surface area contributed by atoms with Gasteiger partial charge in [0.1, 0.15) is 5.69 Å². The number of aromatic nitrogens is 1. The molecule has 88 valence electrons. The largest absolute Gasteiger partial charge is 0.479 e. The first kappa shape index (κ1) is 12.6. The van der Waals surface area contributed by atoms with Crippen molar-refractivity contribution in [1.82, 2.24) is 4.98 Å². The lowest BCUT2D eigenvalue weighted by Crippen LogP contribution is -2.12. The molecule has 0 amide bonds. The van der Waals surface area contributed by atoms with Crippen LogP contribution in [0, 0.1) is 0 Å². The summed E-state index contributed by atoms with van der Waals surface area (Å²) < 4.78 is 41.1. The molecule has 1 heterocycles. The average molecular weight is 256 g/mol. The van der Waals surface area contributed by atoms with E-state index in [-0.39, 0.29) is 5.75 Å². The van der Waals surface area contributed by atoms with Crippen LogP contribution in [0.4, 0.5) is 13.2 Å². The predicted octanol–water partition coefficient (Wildman–Crippen LogP) is 2.22. The fourth-order valence-corrected chi connectivity index (χ4v) is 1.04. The van der Waals surface area contributed by atoms with Gasteiger partial charge >= 0.3 is 12.1 Å². The quantitative estimate of drug-likeness (QED) is 0.842. The van der Waals surface area contributed by atoms with Gasteiger partial charge in [-0.05, 0) is 12.1 Å². The first-order valence-electron chi connectivity index (χ1n) is 3.89. The van der Waals surface area contributed by atoms with Crippen LogP contribution in [0.2, 0.25) is 5.15 Å². The molecule has 1 aromatic heterocycles. The number of carboxylic acids is 1. The van der Waals surface area contributed by atoms with Crippen LogP contribution in [0.1, 0.15) is 5.69 Å². The minimum atomic E-state index is -4.60. The molecule has 0 atom stereocenters. The summed E-state index contributed by atoms with van der Waals surface area (Å²) in [5, 5.41) is 7.75. The monoisotopic (exact) mass is 255 g/mol. The van der Waals surface area contributed by atoms with Gasteiger partial charge in [0, 0.05) is 0 Å². The maximum atomic E-state index is 12.2. The number of alkyl halides is 3. The summed E-state index contributed by atoms with van der Waals surface area (Å²) in [7, 11) is 0. The van der Waals surface area contributed by atoms with Gasteiger partial charge in [0.25, 0.3) is 0 Å². The summed E-state index contributed by atoms with van der Waals surface area (Å²) in [6, 6.07) is 1.57. The summed E-state index contributed by atoms with van der Waals surface area (Å²) in [6.45, 7) is -0.702. The molecule has 0 fully saturated rings. The van der Waals surface area contributed by atoms with E-state index in [9.17, 15) is 18.0 Å². The number of halogens is 4. The van der Waals surface area contributed by atoms with Crippen LogP contribution in [-0.4, -0.2) is 22.7 Å². The summed E-state index contributed by atoms with van der Waals surface area (Å²) in [6.07, 6.45) is -4.60. The van der Waals surface area contributed by atoms with E-state index in [1.807, 2.05) is 0 Å². The fourth-order valence-electron chi connectivity index (χ4n) is 0.827. The summed E-state index contributed by atoms with van der Waals surface area (Å²) in [4.78, 5) is 13.2. The van der Waals surface area contributed by atoms with E-state index in [0.29, 0.717) is 6.07 Å². The molecule has 0 spiro atoms. The molecule has 1 aromatic rings. The number of hydrogen-bond donors (Lipinski definition) is 1. The average Bonchev–Trinajstić information content (AvgIpc) is 2.14. The van der Waals surface area contributed by atoms with Crippen molar-refractivity contribution in [2.75, 3.05) is 6.61 Å². The molecule has 0 aliphatic rings. The zero-order valence-corrected chi connectivity index (χ0v) is 8.34. The van der Waals surface area contributed by atoms with Gasteiger partial charge in [-0.1, -0.05) is 11.6 Å². The molecule has 16 heavy (non-hydrogen) atoms. The number of carboxylic acid groups (broad SMARTS) is 1. The number of hydrogen-bond acceptors (Lipinski definition) is 3. The molecule has 0 aliphatic carbocycles. The molecule has 1 rings (SSSR count). The smallest absolute Gasteiger partial charge is 0.433 e. The molecule has 8 heteroatoms. The van der Waals surface area contributed by atoms with Crippen LogP contribution in [-0.2, 0) is 11.0 Å². The second-order valence-electron chi connectivity index (χ2n) is 2.67. The van der Waals surface area contributed by atoms with Gasteiger partial charge in [0.2, 0.25) is 0 Å². The highest BCUT2D eigenvalue weighted by molar-refractivity contribution is 6.30. The molecule has 0 aliphatic heterocycles. The Bertz CT molecular complexity index is 408. The van der Waals surface area contributed by atoms with Crippen molar-refractivity contribution in [2.45, 2.75) is 6.18 Å². The highest BCUT2D eigenvalue weighted by atomic mass is 35.5. The van der Waals surface area contributed by atoms with Crippen LogP contribution in [0.3, 0.4) is 0 Å². The lowest BCUT2D eigenvalue weighted by Gasteiger charge is -2.08. The second kappa shape index (κ2) is 4.56. The third-order valence-corrected chi connectivity index (χ3v) is 1.73. The Morgan fingerprint density at radius 3 is 2.56 bits per heavy atom. The van der Waals surface area contributed by atoms with E-state index in [4.69, 9.17) is 16.7 Å². The van der Waals surface area contributed by atoms with E-state index in [2.05, 4.69) is 9.72 Å². The predicted molar refractivity (Wildman–Crippen MR) is 47.4 cm³/mol. The standard InChI is InChI=1S/C8H5ClF3NO3/c9-7-4(16-3-6(14)15)1-2-5(13-7)8(10,11)12/h1-2H,3H2,(H,14,15). The van der Waals surface area contributed by atoms with Gasteiger partial charge in [0.15, 0.2) is 17.5 Å². The topological polar surface area (TPSA) is 59.4 Å². The van der Waals surface area contributed by atoms with Crippen molar-refractivity contribution in [3.05, 3.63) is 23.0 Å². The Labute approximate surface area is 92.6 Å². The summed E-state index contributed by atoms with van der Waals surface area (Å²) in [5.74, 6) is -1.48. The Kier molecular flexibility index (Phi) is 3.58. The van der Waals surface area contributed by atoms with E-state index < -0.39 is 29.6 Å². The van der Waals surface area contributed by atoms with Gasteiger partial charge in [-0.2, -0.15) is 13.2 Å². The van der Waals surface area contributed by atoms with Crippen molar-refractivity contribution >= 4 is 17.6 Å². The Balaban J connectivity index is 2.88. The molecular weight excluding hydrogens is 251 g/mol. The Hall–Kier alpha value is -1.50. The molecule has 0 saturated carbocycles. The van der Waals surface area contributed by atoms with Crippen molar-refractivity contribution in [1.29, 1.82) is 0 Å². The van der Waals surface area contributed by atoms with Gasteiger partial charge in [0.05, 0.1) is 0 Å². The third kappa shape index (κ3) is 3.27. The molecular formula is C8H5ClF3NO3. The molecule has 4 nitrogen and oxygen atoms in total. The van der Waals surface area contributed by atoms with Crippen molar-refractivity contribution in [2.24, 2.45) is 0 Å². The summed E-state index contributed by atoms with van der Waals surface area (Å²) in [5.41, 5.74) is -1.17. The minimum absolute atomic E-state index is 0.211. The Morgan fingerprint density at radius 1 is 1.50 bits per heavy atom. The fraction of sp³-hybridized carbons (Fsp3) is 0.250. The summed E-state index contributed by atoms with van der Waals surface area (Å²) >= 11 is 5.39. The van der Waals surface area contributed by atoms with Crippen molar-refractivity contribution < 1.29 is 27.8 Å². The maximum Gasteiger partial charge on any atom is 0.433 e. The van der Waals surface area contributed by atoms with Gasteiger partial charge in [-0.15, -0.1) is 0 Å². The molecule has 0 bridgehead atoms. The lowest BCUT2D eigenvalue weighted by molar-refractivity contribution is -0.141. The highest BCUT2D eigenvalue weighted by Crippen LogP contribution is 2.31. The SMILES string of the molecule is O=C(O)COc1ccc(C(F)(F)F)nc1Cl. The lowest BCUT2D eigenvalue weighted by atomic mass is 10.3. The number of carbonyl (C=O) groups is 1. The van der Waals surface area contributed by atoms with E-state index in [1.165, 1.54) is 0 Å². The molecule has 0 saturated heterocycles. The molecule has 0 radical (unpaired) electrons. The minimum Gasteiger partial charge on any atom is -0.479 e. The maximum absolute atomic E-state index is 12.2. The van der Waals surface area contributed by atoms with Crippen LogP contribution in [0.25, 0.3) is 0 Å². The molecule has 0 unspecified atom stereocenters. The van der Waals surface area contributed by atoms with E-state index in [1.54, 1.807) is 0 Å². The van der Waals surface area contributed by atoms with Crippen molar-refractivity contribution in [3.63, 3.8) is 0 Å². The van der Waals surface area contributed by atoms with E-state index >= 15 is 0 Å². The van der Waals surface area contributed by atoms with Crippen molar-refractivity contribution in [3.8, 4) is 5.75 Å². The number of aliphatic carboxylic acids is 1. The second-order valence-corrected chi connectivity index (χ2v) is 3.02. The van der Waals surface area contributed by atoms with Crippen LogP contribution in [0.15, 0.2) is 12.1 Å². The first-order valence-corrected chi connectivity index (χ1v) is 4.27. The number of rotatable bonds is 3. The molecule has 1 N–H and O–H groups in total. The van der Waals surface area contributed by atoms with Gasteiger partial charge in [-0.3, -0.25) is 0 Å². The van der Waals surface area contributed by atoms with Crippen LogP contribution in [0.5, 0.6) is 5.75 Å². The highest BCUT2D eigenvalue weighted by Gasteiger charge is 2.33. The van der Waals surface area contributed by atoms with Gasteiger partial charge < -0.3 is 9.84 Å².